The summed E-state index contributed by atoms with van der Waals surface area (Å²) in [6.07, 6.45) is -4.58. The normalized spacial score (nSPS) is 36.2. The molecule has 0 radical (unpaired) electrons. The van der Waals surface area contributed by atoms with Crippen LogP contribution in [-0.4, -0.2) is 112 Å². The summed E-state index contributed by atoms with van der Waals surface area (Å²) in [6, 6.07) is 0. The molecule has 26 heavy (non-hydrogen) atoms. The Labute approximate surface area is 151 Å². The highest BCUT2D eigenvalue weighted by atomic mass is 16.8. The quantitative estimate of drug-likeness (QED) is 0.244. The van der Waals surface area contributed by atoms with Crippen LogP contribution in [0.2, 0.25) is 0 Å². The molecule has 4 rings (SSSR count). The minimum absolute atomic E-state index is 0.0171. The first-order valence-corrected chi connectivity index (χ1v) is 8.98. The van der Waals surface area contributed by atoms with E-state index >= 15 is 0 Å². The van der Waals surface area contributed by atoms with E-state index in [4.69, 9.17) is 37.9 Å². The summed E-state index contributed by atoms with van der Waals surface area (Å²) in [5.41, 5.74) is 0. The lowest BCUT2D eigenvalue weighted by Gasteiger charge is -2.32. The molecule has 0 aromatic carbocycles. The van der Waals surface area contributed by atoms with Crippen molar-refractivity contribution < 1.29 is 48.1 Å². The topological polar surface area (TPSA) is 128 Å². The van der Waals surface area contributed by atoms with Gasteiger partial charge < -0.3 is 48.1 Å². The van der Waals surface area contributed by atoms with Gasteiger partial charge in [-0.15, -0.1) is 0 Å². The van der Waals surface area contributed by atoms with Gasteiger partial charge in [-0.25, -0.2) is 0 Å². The second-order valence-corrected chi connectivity index (χ2v) is 6.85. The maximum Gasteiger partial charge on any atom is 0.186 e. The van der Waals surface area contributed by atoms with Crippen LogP contribution in [0.5, 0.6) is 0 Å². The van der Waals surface area contributed by atoms with Crippen molar-refractivity contribution in [3.63, 3.8) is 0 Å². The number of ether oxygens (including phenoxy) is 8. The van der Waals surface area contributed by atoms with Gasteiger partial charge in [0.2, 0.25) is 0 Å². The van der Waals surface area contributed by atoms with E-state index in [-0.39, 0.29) is 31.5 Å². The van der Waals surface area contributed by atoms with E-state index in [2.05, 4.69) is 0 Å². The molecular formula is C16H26O10. The van der Waals surface area contributed by atoms with Crippen LogP contribution in [0.15, 0.2) is 0 Å². The van der Waals surface area contributed by atoms with Crippen LogP contribution in [0.1, 0.15) is 0 Å². The summed E-state index contributed by atoms with van der Waals surface area (Å²) in [6.45, 7) is 3.51. The van der Waals surface area contributed by atoms with Crippen molar-refractivity contribution in [1.82, 2.24) is 0 Å². The fourth-order valence-corrected chi connectivity index (χ4v) is 2.42. The zero-order valence-electron chi connectivity index (χ0n) is 14.4. The molecule has 0 bridgehead atoms. The van der Waals surface area contributed by atoms with Crippen molar-refractivity contribution in [3.05, 3.63) is 0 Å². The summed E-state index contributed by atoms with van der Waals surface area (Å²) >= 11 is 0. The third kappa shape index (κ3) is 6.34. The molecule has 0 aromatic heterocycles. The van der Waals surface area contributed by atoms with E-state index in [0.717, 1.165) is 0 Å². The smallest absolute Gasteiger partial charge is 0.186 e. The third-order valence-corrected chi connectivity index (χ3v) is 4.36. The van der Waals surface area contributed by atoms with Gasteiger partial charge in [-0.05, 0) is 0 Å². The van der Waals surface area contributed by atoms with Gasteiger partial charge in [0.25, 0.3) is 0 Å². The maximum atomic E-state index is 10.8. The summed E-state index contributed by atoms with van der Waals surface area (Å²) in [5, 5.41) is 21.1. The molecule has 10 heteroatoms. The van der Waals surface area contributed by atoms with Crippen molar-refractivity contribution in [3.8, 4) is 0 Å². The van der Waals surface area contributed by atoms with Crippen molar-refractivity contribution in [2.45, 2.75) is 49.2 Å². The Morgan fingerprint density at radius 2 is 1.38 bits per heavy atom. The molecule has 0 aromatic rings. The Bertz CT molecular complexity index is 435. The van der Waals surface area contributed by atoms with Crippen molar-refractivity contribution in [2.75, 3.05) is 52.9 Å². The van der Waals surface area contributed by atoms with Crippen molar-refractivity contribution in [2.24, 2.45) is 0 Å². The lowest BCUT2D eigenvalue weighted by molar-refractivity contribution is -0.240. The van der Waals surface area contributed by atoms with Gasteiger partial charge in [-0.3, -0.25) is 0 Å². The van der Waals surface area contributed by atoms with E-state index in [1.807, 2.05) is 0 Å². The molecule has 0 saturated carbocycles. The van der Waals surface area contributed by atoms with E-state index in [1.54, 1.807) is 0 Å². The van der Waals surface area contributed by atoms with Gasteiger partial charge in [0.05, 0.1) is 46.2 Å². The average molecular weight is 378 g/mol. The van der Waals surface area contributed by atoms with Crippen LogP contribution in [0.25, 0.3) is 0 Å². The summed E-state index contributed by atoms with van der Waals surface area (Å²) in [5.74, 6) is 0. The zero-order chi connectivity index (χ0) is 17.9. The molecule has 0 aliphatic carbocycles. The molecule has 2 N–H and O–H groups in total. The Morgan fingerprint density at radius 3 is 1.96 bits per heavy atom. The number of aliphatic hydroxyl groups is 2. The van der Waals surface area contributed by atoms with Gasteiger partial charge in [-0.1, -0.05) is 0 Å². The van der Waals surface area contributed by atoms with Crippen molar-refractivity contribution >= 4 is 0 Å². The first-order chi connectivity index (χ1) is 12.7. The molecule has 8 atom stereocenters. The monoisotopic (exact) mass is 378 g/mol. The predicted octanol–water partition coefficient (Wildman–Crippen LogP) is -1.98. The first kappa shape index (κ1) is 18.9. The minimum Gasteiger partial charge on any atom is -0.387 e. The molecule has 150 valence electrons. The second-order valence-electron chi connectivity index (χ2n) is 6.85. The summed E-state index contributed by atoms with van der Waals surface area (Å²) in [7, 11) is 0. The van der Waals surface area contributed by atoms with Crippen LogP contribution < -0.4 is 0 Å². The highest BCUT2D eigenvalue weighted by Crippen LogP contribution is 2.22. The second kappa shape index (κ2) is 8.74. The predicted molar refractivity (Wildman–Crippen MR) is 82.4 cm³/mol. The first-order valence-electron chi connectivity index (χ1n) is 8.98. The highest BCUT2D eigenvalue weighted by Gasteiger charge is 2.41. The molecule has 4 aliphatic rings. The zero-order valence-corrected chi connectivity index (χ0v) is 14.4. The molecule has 0 amide bonds. The summed E-state index contributed by atoms with van der Waals surface area (Å²) < 4.78 is 42.6. The lowest BCUT2D eigenvalue weighted by Crippen LogP contribution is -2.50. The van der Waals surface area contributed by atoms with E-state index < -0.39 is 30.9 Å². The minimum atomic E-state index is -1.36. The Hall–Kier alpha value is -0.400. The molecular weight excluding hydrogens is 352 g/mol. The average Bonchev–Trinajstić information content (AvgIpc) is 3.46. The van der Waals surface area contributed by atoms with Crippen LogP contribution >= 0.6 is 0 Å². The van der Waals surface area contributed by atoms with E-state index in [1.165, 1.54) is 0 Å². The molecule has 4 heterocycles. The third-order valence-electron chi connectivity index (χ3n) is 4.36. The van der Waals surface area contributed by atoms with Crippen LogP contribution in [0.4, 0.5) is 0 Å². The Kier molecular flexibility index (Phi) is 6.36. The van der Waals surface area contributed by atoms with Crippen LogP contribution in [-0.2, 0) is 37.9 Å². The highest BCUT2D eigenvalue weighted by molar-refractivity contribution is 4.84. The molecule has 4 fully saturated rings. The van der Waals surface area contributed by atoms with E-state index in [0.29, 0.717) is 39.6 Å². The fourth-order valence-electron chi connectivity index (χ4n) is 2.42. The standard InChI is InChI=1S/C16H26O10/c17-14(12(23-5-10-3-21-10)7-19-1-9-2-20-9)15(25-6-11-4-22-11)16(18)26-13-8-24-13/h9-18H,1-8H2. The SMILES string of the molecule is OC(OC1CO1)C(OCC1CO1)C(O)C(COCC1CO1)OCC1CO1. The number of rotatable bonds is 15. The van der Waals surface area contributed by atoms with Gasteiger partial charge >= 0.3 is 0 Å². The molecule has 4 aliphatic heterocycles. The van der Waals surface area contributed by atoms with Crippen LogP contribution in [0.3, 0.4) is 0 Å². The summed E-state index contributed by atoms with van der Waals surface area (Å²) in [4.78, 5) is 0. The van der Waals surface area contributed by atoms with E-state index in [9.17, 15) is 10.2 Å². The number of hydrogen-bond donors (Lipinski definition) is 2. The van der Waals surface area contributed by atoms with Gasteiger partial charge in [0, 0.05) is 0 Å². The van der Waals surface area contributed by atoms with Gasteiger partial charge in [0.15, 0.2) is 12.6 Å². The van der Waals surface area contributed by atoms with Gasteiger partial charge in [0.1, 0.15) is 43.2 Å². The maximum absolute atomic E-state index is 10.8. The molecule has 0 spiro atoms. The Morgan fingerprint density at radius 1 is 0.808 bits per heavy atom. The number of aliphatic hydroxyl groups excluding tert-OH is 2. The molecule has 10 nitrogen and oxygen atoms in total. The van der Waals surface area contributed by atoms with Crippen LogP contribution in [0, 0.1) is 0 Å². The number of hydrogen-bond acceptors (Lipinski definition) is 10. The molecule has 4 saturated heterocycles. The largest absolute Gasteiger partial charge is 0.387 e. The molecule has 8 unspecified atom stereocenters. The lowest BCUT2D eigenvalue weighted by atomic mass is 10.1. The number of epoxide rings is 4. The Balaban J connectivity index is 1.32. The fraction of sp³-hybridized carbons (Fsp3) is 1.00. The van der Waals surface area contributed by atoms with Crippen molar-refractivity contribution in [1.29, 1.82) is 0 Å². The van der Waals surface area contributed by atoms with Gasteiger partial charge in [-0.2, -0.15) is 0 Å².